The van der Waals surface area contributed by atoms with Crippen LogP contribution in [0.15, 0.2) is 66.7 Å². The number of carbonyl (C=O) groups is 3. The summed E-state index contributed by atoms with van der Waals surface area (Å²) in [6.45, 7) is 0. The van der Waals surface area contributed by atoms with E-state index in [9.17, 15) is 14.4 Å². The second-order valence-electron chi connectivity index (χ2n) is 8.02. The van der Waals surface area contributed by atoms with Crippen molar-refractivity contribution in [2.45, 2.75) is 24.6 Å². The van der Waals surface area contributed by atoms with Crippen LogP contribution in [0.3, 0.4) is 0 Å². The third-order valence-electron chi connectivity index (χ3n) is 6.45. The molecular weight excluding hydrogens is 368 g/mol. The highest BCUT2D eigenvalue weighted by atomic mass is 16.7. The fourth-order valence-electron chi connectivity index (χ4n) is 5.00. The van der Waals surface area contributed by atoms with E-state index in [1.165, 1.54) is 9.96 Å². The molecule has 0 N–H and O–H groups in total. The van der Waals surface area contributed by atoms with Crippen LogP contribution in [0.5, 0.6) is 0 Å². The van der Waals surface area contributed by atoms with E-state index in [1.54, 1.807) is 36.4 Å². The molecule has 2 bridgehead atoms. The van der Waals surface area contributed by atoms with E-state index in [4.69, 9.17) is 4.84 Å². The molecule has 2 fully saturated rings. The van der Waals surface area contributed by atoms with Gasteiger partial charge in [-0.05, 0) is 42.5 Å². The lowest BCUT2D eigenvalue weighted by atomic mass is 10.0. The highest BCUT2D eigenvalue weighted by Gasteiger charge is 2.61. The quantitative estimate of drug-likeness (QED) is 0.588. The molecule has 3 amide bonds. The Kier molecular flexibility index (Phi) is 3.38. The van der Waals surface area contributed by atoms with Gasteiger partial charge in [-0.1, -0.05) is 42.5 Å². The average Bonchev–Trinajstić information content (AvgIpc) is 3.54. The standard InChI is InChI=1S/C23H18N2O4/c26-21(13-6-2-1-3-7-13)25-18-10-11-19(29-25)20(17-12-16(17)18)24-22(27)14-8-4-5-9-15(14)23(24)28/h1-11,16-20H,12H2/t16-,17+,18-,19+,20+/m0/s1. The Bertz CT molecular complexity index is 1040. The van der Waals surface area contributed by atoms with Gasteiger partial charge < -0.3 is 0 Å². The molecule has 0 radical (unpaired) electrons. The van der Waals surface area contributed by atoms with Crippen molar-refractivity contribution in [3.8, 4) is 0 Å². The molecule has 2 aromatic carbocycles. The minimum Gasteiger partial charge on any atom is -0.269 e. The summed E-state index contributed by atoms with van der Waals surface area (Å²) in [6, 6.07) is 15.4. The third kappa shape index (κ3) is 2.29. The summed E-state index contributed by atoms with van der Waals surface area (Å²) in [4.78, 5) is 46.6. The highest BCUT2D eigenvalue weighted by molar-refractivity contribution is 6.21. The van der Waals surface area contributed by atoms with Crippen LogP contribution in [0.1, 0.15) is 37.5 Å². The van der Waals surface area contributed by atoms with Gasteiger partial charge in [-0.2, -0.15) is 0 Å². The number of imide groups is 1. The Morgan fingerprint density at radius 2 is 1.52 bits per heavy atom. The summed E-state index contributed by atoms with van der Waals surface area (Å²) in [7, 11) is 0. The topological polar surface area (TPSA) is 66.9 Å². The van der Waals surface area contributed by atoms with E-state index in [0.717, 1.165) is 6.42 Å². The number of hydroxylamine groups is 2. The largest absolute Gasteiger partial charge is 0.278 e. The fraction of sp³-hybridized carbons (Fsp3) is 0.261. The molecule has 1 saturated carbocycles. The number of rotatable bonds is 2. The second kappa shape index (κ2) is 5.87. The number of fused-ring (bicyclic) bond motifs is 2. The van der Waals surface area contributed by atoms with Crippen LogP contribution in [0.2, 0.25) is 0 Å². The first-order valence-corrected chi connectivity index (χ1v) is 9.86. The first-order valence-electron chi connectivity index (χ1n) is 9.86. The van der Waals surface area contributed by atoms with Gasteiger partial charge in [-0.15, -0.1) is 0 Å². The maximum absolute atomic E-state index is 13.1. The molecule has 3 heterocycles. The minimum atomic E-state index is -0.529. The van der Waals surface area contributed by atoms with Gasteiger partial charge in [0.2, 0.25) is 0 Å². The summed E-state index contributed by atoms with van der Waals surface area (Å²) in [6.07, 6.45) is 4.24. The predicted molar refractivity (Wildman–Crippen MR) is 103 cm³/mol. The van der Waals surface area contributed by atoms with Crippen molar-refractivity contribution in [3.63, 3.8) is 0 Å². The number of hydrogen-bond acceptors (Lipinski definition) is 4. The van der Waals surface area contributed by atoms with E-state index in [-0.39, 0.29) is 35.6 Å². The molecule has 7 rings (SSSR count). The van der Waals surface area contributed by atoms with Gasteiger partial charge in [0.1, 0.15) is 6.10 Å². The van der Waals surface area contributed by atoms with Crippen LogP contribution in [-0.2, 0) is 4.84 Å². The first-order chi connectivity index (χ1) is 14.1. The number of carbonyl (C=O) groups excluding carboxylic acids is 3. The lowest BCUT2D eigenvalue weighted by molar-refractivity contribution is -0.178. The van der Waals surface area contributed by atoms with E-state index in [1.807, 2.05) is 30.4 Å². The zero-order chi connectivity index (χ0) is 19.7. The number of nitrogens with zero attached hydrogens (tertiary/aromatic N) is 2. The van der Waals surface area contributed by atoms with Crippen molar-refractivity contribution >= 4 is 17.7 Å². The zero-order valence-electron chi connectivity index (χ0n) is 15.5. The molecule has 6 heteroatoms. The minimum absolute atomic E-state index is 0.135. The Morgan fingerprint density at radius 3 is 2.21 bits per heavy atom. The molecule has 29 heavy (non-hydrogen) atoms. The molecule has 2 aromatic rings. The highest BCUT2D eigenvalue weighted by Crippen LogP contribution is 2.54. The molecular formula is C23H18N2O4. The molecule has 5 atom stereocenters. The lowest BCUT2D eigenvalue weighted by Gasteiger charge is -2.36. The predicted octanol–water partition coefficient (Wildman–Crippen LogP) is 2.68. The van der Waals surface area contributed by atoms with Crippen LogP contribution in [0, 0.1) is 11.8 Å². The lowest BCUT2D eigenvalue weighted by Crippen LogP contribution is -2.51. The summed E-state index contributed by atoms with van der Waals surface area (Å²) < 4.78 is 0. The number of hydrogen-bond donors (Lipinski definition) is 0. The Labute approximate surface area is 167 Å². The van der Waals surface area contributed by atoms with Crippen molar-refractivity contribution < 1.29 is 19.2 Å². The van der Waals surface area contributed by atoms with Crippen molar-refractivity contribution in [2.24, 2.45) is 11.8 Å². The summed E-state index contributed by atoms with van der Waals surface area (Å²) in [5.74, 6) is -0.427. The van der Waals surface area contributed by atoms with Gasteiger partial charge in [0.25, 0.3) is 17.7 Å². The average molecular weight is 386 g/mol. The van der Waals surface area contributed by atoms with Crippen molar-refractivity contribution in [1.29, 1.82) is 0 Å². The molecule has 3 aliphatic heterocycles. The van der Waals surface area contributed by atoms with Crippen molar-refractivity contribution in [1.82, 2.24) is 9.96 Å². The van der Waals surface area contributed by atoms with E-state index < -0.39 is 12.1 Å². The molecule has 144 valence electrons. The zero-order valence-corrected chi connectivity index (χ0v) is 15.5. The molecule has 2 aliphatic carbocycles. The van der Waals surface area contributed by atoms with Crippen molar-refractivity contribution in [2.75, 3.05) is 0 Å². The SMILES string of the molecule is O=C(c1ccccc1)N1O[C@@H]2C=C[C@H]1[C@H]1C[C@H]1[C@H]2N1C(=O)c2ccccc2C1=O. The second-order valence-corrected chi connectivity index (χ2v) is 8.02. The van der Waals surface area contributed by atoms with Gasteiger partial charge in [-0.3, -0.25) is 24.1 Å². The van der Waals surface area contributed by atoms with Gasteiger partial charge in [0.15, 0.2) is 0 Å². The molecule has 5 aliphatic rings. The fourth-order valence-corrected chi connectivity index (χ4v) is 5.00. The monoisotopic (exact) mass is 386 g/mol. The Morgan fingerprint density at radius 1 is 0.862 bits per heavy atom. The van der Waals surface area contributed by atoms with Crippen LogP contribution in [0.4, 0.5) is 0 Å². The van der Waals surface area contributed by atoms with E-state index in [2.05, 4.69) is 0 Å². The summed E-state index contributed by atoms with van der Waals surface area (Å²) >= 11 is 0. The van der Waals surface area contributed by atoms with Crippen LogP contribution >= 0.6 is 0 Å². The molecule has 6 nitrogen and oxygen atoms in total. The number of benzene rings is 2. The van der Waals surface area contributed by atoms with E-state index >= 15 is 0 Å². The Balaban J connectivity index is 1.35. The van der Waals surface area contributed by atoms with E-state index in [0.29, 0.717) is 16.7 Å². The van der Waals surface area contributed by atoms with Gasteiger partial charge >= 0.3 is 0 Å². The first kappa shape index (κ1) is 16.7. The number of amides is 3. The van der Waals surface area contributed by atoms with Gasteiger partial charge in [0, 0.05) is 5.56 Å². The summed E-state index contributed by atoms with van der Waals surface area (Å²) in [5, 5.41) is 1.45. The van der Waals surface area contributed by atoms with Crippen molar-refractivity contribution in [3.05, 3.63) is 83.4 Å². The van der Waals surface area contributed by atoms with Gasteiger partial charge in [-0.25, -0.2) is 5.06 Å². The smallest absolute Gasteiger partial charge is 0.269 e. The van der Waals surface area contributed by atoms with Crippen LogP contribution in [0.25, 0.3) is 0 Å². The normalized spacial score (nSPS) is 31.5. The molecule has 0 spiro atoms. The van der Waals surface area contributed by atoms with Gasteiger partial charge in [0.05, 0.1) is 23.2 Å². The molecule has 1 saturated heterocycles. The maximum atomic E-state index is 13.1. The maximum Gasteiger partial charge on any atom is 0.278 e. The summed E-state index contributed by atoms with van der Waals surface area (Å²) in [5.41, 5.74) is 1.44. The molecule has 0 aromatic heterocycles. The third-order valence-corrected chi connectivity index (χ3v) is 6.45. The van der Waals surface area contributed by atoms with Crippen LogP contribution in [-0.4, -0.2) is 45.9 Å². The Hall–Kier alpha value is -3.25. The van der Waals surface area contributed by atoms with Crippen LogP contribution < -0.4 is 0 Å². The molecule has 0 unspecified atom stereocenters.